The highest BCUT2D eigenvalue weighted by Crippen LogP contribution is 2.30. The largest absolute Gasteiger partial charge is 0.314 e. The average molecular weight is 308 g/mol. The summed E-state index contributed by atoms with van der Waals surface area (Å²) in [6.07, 6.45) is 3.82. The van der Waals surface area contributed by atoms with Crippen molar-refractivity contribution in [3.05, 3.63) is 60.2 Å². The van der Waals surface area contributed by atoms with E-state index in [1.54, 1.807) is 0 Å². The van der Waals surface area contributed by atoms with E-state index in [-0.39, 0.29) is 0 Å². The van der Waals surface area contributed by atoms with Crippen molar-refractivity contribution < 1.29 is 0 Å². The van der Waals surface area contributed by atoms with Crippen molar-refractivity contribution in [2.75, 3.05) is 26.2 Å². The monoisotopic (exact) mass is 308 g/mol. The lowest BCUT2D eigenvalue weighted by atomic mass is 9.95. The van der Waals surface area contributed by atoms with Crippen molar-refractivity contribution in [1.29, 1.82) is 0 Å². The minimum Gasteiger partial charge on any atom is -0.314 e. The van der Waals surface area contributed by atoms with Crippen LogP contribution in [0.3, 0.4) is 0 Å². The van der Waals surface area contributed by atoms with Gasteiger partial charge in [-0.15, -0.1) is 0 Å². The van der Waals surface area contributed by atoms with Gasteiger partial charge >= 0.3 is 0 Å². The van der Waals surface area contributed by atoms with Crippen molar-refractivity contribution >= 4 is 0 Å². The summed E-state index contributed by atoms with van der Waals surface area (Å²) in [5.41, 5.74) is 4.12. The molecule has 1 aliphatic heterocycles. The molecule has 1 N–H and O–H groups in total. The molecule has 1 fully saturated rings. The van der Waals surface area contributed by atoms with E-state index in [0.717, 1.165) is 26.2 Å². The quantitative estimate of drug-likeness (QED) is 0.846. The molecule has 1 aliphatic rings. The number of benzene rings is 2. The Kier molecular flexibility index (Phi) is 5.84. The Morgan fingerprint density at radius 2 is 1.70 bits per heavy atom. The van der Waals surface area contributed by atoms with Crippen molar-refractivity contribution in [3.63, 3.8) is 0 Å². The van der Waals surface area contributed by atoms with Crippen LogP contribution in [0, 0.1) is 0 Å². The molecule has 0 amide bonds. The Hall–Kier alpha value is -1.64. The SMILES string of the molecule is CCCC[C@@H](c1cccc(-c2ccccc2)c1)N1CCNCC1. The second-order valence-electron chi connectivity index (χ2n) is 6.44. The zero-order valence-electron chi connectivity index (χ0n) is 14.2. The minimum atomic E-state index is 0.556. The van der Waals surface area contributed by atoms with E-state index in [1.165, 1.54) is 36.0 Å². The van der Waals surface area contributed by atoms with Gasteiger partial charge in [0.1, 0.15) is 0 Å². The zero-order chi connectivity index (χ0) is 15.9. The first kappa shape index (κ1) is 16.2. The third-order valence-electron chi connectivity index (χ3n) is 4.80. The molecule has 122 valence electrons. The second-order valence-corrected chi connectivity index (χ2v) is 6.44. The second kappa shape index (κ2) is 8.28. The van der Waals surface area contributed by atoms with Gasteiger partial charge in [0.25, 0.3) is 0 Å². The van der Waals surface area contributed by atoms with E-state index >= 15 is 0 Å². The van der Waals surface area contributed by atoms with Gasteiger partial charge in [0, 0.05) is 32.2 Å². The Labute approximate surface area is 140 Å². The van der Waals surface area contributed by atoms with E-state index < -0.39 is 0 Å². The van der Waals surface area contributed by atoms with Crippen LogP contribution in [0.2, 0.25) is 0 Å². The standard InChI is InChI=1S/C21H28N2/c1-2-3-12-21(23-15-13-22-14-16-23)20-11-7-10-19(17-20)18-8-5-4-6-9-18/h4-11,17,21-22H,2-3,12-16H2,1H3/t21-/m0/s1. The average Bonchev–Trinajstić information content (AvgIpc) is 2.64. The summed E-state index contributed by atoms with van der Waals surface area (Å²) < 4.78 is 0. The lowest BCUT2D eigenvalue weighted by molar-refractivity contribution is 0.163. The molecule has 0 radical (unpaired) electrons. The number of unbranched alkanes of at least 4 members (excludes halogenated alkanes) is 1. The van der Waals surface area contributed by atoms with Crippen LogP contribution < -0.4 is 5.32 Å². The molecular formula is C21H28N2. The first-order chi connectivity index (χ1) is 11.4. The highest BCUT2D eigenvalue weighted by Gasteiger charge is 2.21. The van der Waals surface area contributed by atoms with Crippen LogP contribution in [-0.2, 0) is 0 Å². The molecule has 23 heavy (non-hydrogen) atoms. The molecule has 1 saturated heterocycles. The van der Waals surface area contributed by atoms with E-state index in [9.17, 15) is 0 Å². The maximum absolute atomic E-state index is 3.47. The van der Waals surface area contributed by atoms with Crippen LogP contribution >= 0.6 is 0 Å². The Morgan fingerprint density at radius 1 is 0.957 bits per heavy atom. The van der Waals surface area contributed by atoms with Gasteiger partial charge in [-0.3, -0.25) is 4.90 Å². The Balaban J connectivity index is 1.86. The van der Waals surface area contributed by atoms with Crippen LogP contribution in [0.5, 0.6) is 0 Å². The van der Waals surface area contributed by atoms with E-state index in [0.29, 0.717) is 6.04 Å². The molecule has 1 atom stereocenters. The number of nitrogens with one attached hydrogen (secondary N) is 1. The predicted octanol–water partition coefficient (Wildman–Crippen LogP) is 4.49. The van der Waals surface area contributed by atoms with Crippen molar-refractivity contribution in [3.8, 4) is 11.1 Å². The molecule has 2 nitrogen and oxygen atoms in total. The Morgan fingerprint density at radius 3 is 2.43 bits per heavy atom. The summed E-state index contributed by atoms with van der Waals surface area (Å²) in [5, 5.41) is 3.47. The summed E-state index contributed by atoms with van der Waals surface area (Å²) in [4.78, 5) is 2.66. The number of hydrogen-bond donors (Lipinski definition) is 1. The van der Waals surface area contributed by atoms with Crippen molar-refractivity contribution in [1.82, 2.24) is 10.2 Å². The molecule has 3 rings (SSSR count). The third kappa shape index (κ3) is 4.21. The van der Waals surface area contributed by atoms with Crippen LogP contribution in [0.4, 0.5) is 0 Å². The highest BCUT2D eigenvalue weighted by atomic mass is 15.2. The molecule has 0 aromatic heterocycles. The molecule has 0 aliphatic carbocycles. The molecule has 0 saturated carbocycles. The number of nitrogens with zero attached hydrogens (tertiary/aromatic N) is 1. The summed E-state index contributed by atoms with van der Waals surface area (Å²) in [5.74, 6) is 0. The molecule has 2 heteroatoms. The zero-order valence-corrected chi connectivity index (χ0v) is 14.2. The lowest BCUT2D eigenvalue weighted by Crippen LogP contribution is -2.45. The minimum absolute atomic E-state index is 0.556. The van der Waals surface area contributed by atoms with Gasteiger partial charge in [-0.1, -0.05) is 68.3 Å². The summed E-state index contributed by atoms with van der Waals surface area (Å²) in [6.45, 7) is 6.82. The van der Waals surface area contributed by atoms with Crippen molar-refractivity contribution in [2.24, 2.45) is 0 Å². The van der Waals surface area contributed by atoms with E-state index in [1.807, 2.05) is 0 Å². The van der Waals surface area contributed by atoms with Crippen molar-refractivity contribution in [2.45, 2.75) is 32.2 Å². The molecule has 0 bridgehead atoms. The van der Waals surface area contributed by atoms with Gasteiger partial charge in [-0.25, -0.2) is 0 Å². The smallest absolute Gasteiger partial charge is 0.0349 e. The maximum Gasteiger partial charge on any atom is 0.0349 e. The molecule has 2 aromatic carbocycles. The third-order valence-corrected chi connectivity index (χ3v) is 4.80. The van der Waals surface area contributed by atoms with E-state index in [2.05, 4.69) is 71.7 Å². The first-order valence-electron chi connectivity index (χ1n) is 8.98. The normalized spacial score (nSPS) is 17.1. The van der Waals surface area contributed by atoms with Crippen LogP contribution in [-0.4, -0.2) is 31.1 Å². The van der Waals surface area contributed by atoms with Gasteiger partial charge in [0.2, 0.25) is 0 Å². The molecule has 2 aromatic rings. The van der Waals surface area contributed by atoms with Gasteiger partial charge in [-0.05, 0) is 29.2 Å². The fraction of sp³-hybridized carbons (Fsp3) is 0.429. The number of piperazine rings is 1. The lowest BCUT2D eigenvalue weighted by Gasteiger charge is -2.35. The molecule has 1 heterocycles. The van der Waals surface area contributed by atoms with Crippen LogP contribution in [0.1, 0.15) is 37.8 Å². The van der Waals surface area contributed by atoms with E-state index in [4.69, 9.17) is 0 Å². The fourth-order valence-corrected chi connectivity index (χ4v) is 3.51. The van der Waals surface area contributed by atoms with Gasteiger partial charge in [0.15, 0.2) is 0 Å². The topological polar surface area (TPSA) is 15.3 Å². The summed E-state index contributed by atoms with van der Waals surface area (Å²) >= 11 is 0. The highest BCUT2D eigenvalue weighted by molar-refractivity contribution is 5.64. The Bertz CT molecular complexity index is 588. The molecular weight excluding hydrogens is 280 g/mol. The van der Waals surface area contributed by atoms with Crippen LogP contribution in [0.25, 0.3) is 11.1 Å². The van der Waals surface area contributed by atoms with Gasteiger partial charge < -0.3 is 5.32 Å². The predicted molar refractivity (Wildman–Crippen MR) is 98.6 cm³/mol. The molecule has 0 unspecified atom stereocenters. The van der Waals surface area contributed by atoms with Gasteiger partial charge in [0.05, 0.1) is 0 Å². The summed E-state index contributed by atoms with van der Waals surface area (Å²) in [6, 6.07) is 20.4. The van der Waals surface area contributed by atoms with Crippen LogP contribution in [0.15, 0.2) is 54.6 Å². The number of hydrogen-bond acceptors (Lipinski definition) is 2. The first-order valence-corrected chi connectivity index (χ1v) is 8.98. The maximum atomic E-state index is 3.47. The molecule has 0 spiro atoms. The fourth-order valence-electron chi connectivity index (χ4n) is 3.51. The summed E-state index contributed by atoms with van der Waals surface area (Å²) in [7, 11) is 0. The van der Waals surface area contributed by atoms with Gasteiger partial charge in [-0.2, -0.15) is 0 Å². The number of rotatable bonds is 6.